The van der Waals surface area contributed by atoms with E-state index in [0.717, 1.165) is 44.9 Å². The molecule has 0 radical (unpaired) electrons. The molecule has 262 valence electrons. The van der Waals surface area contributed by atoms with Crippen LogP contribution in [0.15, 0.2) is 11.6 Å². The maximum absolute atomic E-state index is 11.7. The fraction of sp³-hybridized carbons (Fsp3) is 0.917. The Kier molecular flexibility index (Phi) is 8.27. The maximum atomic E-state index is 11.7. The van der Waals surface area contributed by atoms with Gasteiger partial charge in [-0.05, 0) is 90.8 Å². The fourth-order valence-electron chi connectivity index (χ4n) is 12.2. The van der Waals surface area contributed by atoms with Crippen molar-refractivity contribution in [3.8, 4) is 0 Å². The standard InChI is InChI=1S/C36H58O10/c1-31(2)16-19-18-8-9-21-33(4)12-11-22(45-30-25(40)23(38)24(39)26(46-30)29(43)44)34(5,17-37)20(33)10-13-36(21,7)35(18,6)15-14-32(19,3)28(42)27(31)41/h8,19-28,30,37-42H,9-17H2,1-7H3,(H,43,44)/t19-,20+,21+,22-,23-,24-,25+,26-,27-,28+,30+,32+,33-,34+,35+,36?/m0/s1. The first-order chi connectivity index (χ1) is 21.2. The summed E-state index contributed by atoms with van der Waals surface area (Å²) >= 11 is 0. The fourth-order valence-corrected chi connectivity index (χ4v) is 12.2. The molecule has 1 unspecified atom stereocenters. The number of allylic oxidation sites excluding steroid dienone is 2. The van der Waals surface area contributed by atoms with E-state index < -0.39 is 60.4 Å². The van der Waals surface area contributed by atoms with Crippen LogP contribution < -0.4 is 0 Å². The molecule has 1 saturated heterocycles. The van der Waals surface area contributed by atoms with E-state index in [1.54, 1.807) is 0 Å². The molecule has 0 amide bonds. The summed E-state index contributed by atoms with van der Waals surface area (Å²) in [6.45, 7) is 15.5. The van der Waals surface area contributed by atoms with Crippen LogP contribution >= 0.6 is 0 Å². The van der Waals surface area contributed by atoms with Crippen LogP contribution in [0.25, 0.3) is 0 Å². The minimum absolute atomic E-state index is 0.0173. The van der Waals surface area contributed by atoms with Crippen LogP contribution in [0.5, 0.6) is 0 Å². The molecule has 1 heterocycles. The molecular weight excluding hydrogens is 592 g/mol. The van der Waals surface area contributed by atoms with Crippen LogP contribution in [0.3, 0.4) is 0 Å². The van der Waals surface area contributed by atoms with Crippen molar-refractivity contribution in [2.75, 3.05) is 6.61 Å². The molecule has 46 heavy (non-hydrogen) atoms. The minimum atomic E-state index is -1.79. The Morgan fingerprint density at radius 3 is 2.15 bits per heavy atom. The predicted octanol–water partition coefficient (Wildman–Crippen LogP) is 3.00. The number of fused-ring (bicyclic) bond motifs is 7. The molecule has 5 aliphatic carbocycles. The Hall–Kier alpha value is -1.11. The van der Waals surface area contributed by atoms with Gasteiger partial charge in [-0.2, -0.15) is 0 Å². The number of carboxylic acids is 1. The second-order valence-corrected chi connectivity index (χ2v) is 18.0. The summed E-state index contributed by atoms with van der Waals surface area (Å²) < 4.78 is 11.8. The average molecular weight is 651 g/mol. The molecule has 7 N–H and O–H groups in total. The van der Waals surface area contributed by atoms with Crippen LogP contribution in [-0.2, 0) is 14.3 Å². The van der Waals surface area contributed by atoms with Crippen LogP contribution in [0.1, 0.15) is 99.8 Å². The lowest BCUT2D eigenvalue weighted by Crippen LogP contribution is -2.68. The smallest absolute Gasteiger partial charge is 0.335 e. The predicted molar refractivity (Wildman–Crippen MR) is 168 cm³/mol. The van der Waals surface area contributed by atoms with Crippen molar-refractivity contribution >= 4 is 5.97 Å². The number of aliphatic carboxylic acids is 1. The van der Waals surface area contributed by atoms with Gasteiger partial charge in [-0.15, -0.1) is 0 Å². The highest BCUT2D eigenvalue weighted by Crippen LogP contribution is 2.75. The Morgan fingerprint density at radius 1 is 0.848 bits per heavy atom. The highest BCUT2D eigenvalue weighted by Gasteiger charge is 2.70. The molecule has 0 spiro atoms. The average Bonchev–Trinajstić information content (AvgIpc) is 2.99. The van der Waals surface area contributed by atoms with E-state index in [1.807, 2.05) is 6.92 Å². The van der Waals surface area contributed by atoms with Gasteiger partial charge >= 0.3 is 5.97 Å². The quantitative estimate of drug-likeness (QED) is 0.177. The van der Waals surface area contributed by atoms with Gasteiger partial charge in [-0.3, -0.25) is 0 Å². The van der Waals surface area contributed by atoms with Gasteiger partial charge in [-0.1, -0.05) is 60.1 Å². The summed E-state index contributed by atoms with van der Waals surface area (Å²) in [6, 6.07) is 0. The number of aliphatic hydroxyl groups excluding tert-OH is 6. The molecule has 0 aromatic carbocycles. The van der Waals surface area contributed by atoms with Crippen LogP contribution in [0.4, 0.5) is 0 Å². The van der Waals surface area contributed by atoms with Gasteiger partial charge in [-0.25, -0.2) is 4.79 Å². The van der Waals surface area contributed by atoms with Gasteiger partial charge in [0, 0.05) is 10.8 Å². The van der Waals surface area contributed by atoms with E-state index in [1.165, 1.54) is 5.57 Å². The molecule has 16 atom stereocenters. The summed E-state index contributed by atoms with van der Waals surface area (Å²) in [5.74, 6) is -0.851. The third-order valence-corrected chi connectivity index (χ3v) is 15.6. The molecule has 10 nitrogen and oxygen atoms in total. The lowest BCUT2D eigenvalue weighted by molar-refractivity contribution is -0.327. The lowest BCUT2D eigenvalue weighted by atomic mass is 9.33. The summed E-state index contributed by atoms with van der Waals surface area (Å²) in [5, 5.41) is 74.4. The monoisotopic (exact) mass is 650 g/mol. The minimum Gasteiger partial charge on any atom is -0.479 e. The largest absolute Gasteiger partial charge is 0.479 e. The number of carboxylic acid groups (broad SMARTS) is 1. The first-order valence-corrected chi connectivity index (χ1v) is 17.5. The zero-order valence-corrected chi connectivity index (χ0v) is 28.6. The number of hydrogen-bond donors (Lipinski definition) is 7. The molecule has 0 aromatic rings. The lowest BCUT2D eigenvalue weighted by Gasteiger charge is -2.72. The zero-order chi connectivity index (χ0) is 34.0. The Morgan fingerprint density at radius 2 is 1.52 bits per heavy atom. The Balaban J connectivity index is 1.30. The van der Waals surface area contributed by atoms with Crippen LogP contribution in [-0.4, -0.2) is 97.3 Å². The van der Waals surface area contributed by atoms with Crippen molar-refractivity contribution in [2.24, 2.45) is 50.2 Å². The van der Waals surface area contributed by atoms with Crippen molar-refractivity contribution in [3.63, 3.8) is 0 Å². The topological polar surface area (TPSA) is 177 Å². The van der Waals surface area contributed by atoms with Gasteiger partial charge in [0.2, 0.25) is 0 Å². The maximum Gasteiger partial charge on any atom is 0.335 e. The van der Waals surface area contributed by atoms with Gasteiger partial charge in [0.15, 0.2) is 12.4 Å². The van der Waals surface area contributed by atoms with Crippen molar-refractivity contribution in [3.05, 3.63) is 11.6 Å². The van der Waals surface area contributed by atoms with Gasteiger partial charge in [0.1, 0.15) is 18.3 Å². The van der Waals surface area contributed by atoms with E-state index in [0.29, 0.717) is 12.3 Å². The summed E-state index contributed by atoms with van der Waals surface area (Å²) in [4.78, 5) is 11.7. The Labute approximate surface area is 273 Å². The molecular formula is C36H58O10. The number of ether oxygens (including phenoxy) is 2. The van der Waals surface area contributed by atoms with Crippen molar-refractivity contribution in [1.29, 1.82) is 0 Å². The van der Waals surface area contributed by atoms with E-state index in [2.05, 4.69) is 47.6 Å². The Bertz CT molecular complexity index is 1250. The number of carbonyl (C=O) groups is 1. The number of rotatable bonds is 4. The van der Waals surface area contributed by atoms with Gasteiger partial charge < -0.3 is 45.2 Å². The first kappa shape index (κ1) is 34.7. The van der Waals surface area contributed by atoms with E-state index in [9.17, 15) is 40.5 Å². The number of hydrogen-bond acceptors (Lipinski definition) is 9. The van der Waals surface area contributed by atoms with Crippen molar-refractivity contribution in [2.45, 2.75) is 149 Å². The normalized spacial score (nSPS) is 56.5. The third kappa shape index (κ3) is 4.46. The highest BCUT2D eigenvalue weighted by molar-refractivity contribution is 5.73. The highest BCUT2D eigenvalue weighted by atomic mass is 16.7. The van der Waals surface area contributed by atoms with Crippen LogP contribution in [0, 0.1) is 50.2 Å². The van der Waals surface area contributed by atoms with Crippen molar-refractivity contribution < 1.29 is 50.0 Å². The van der Waals surface area contributed by atoms with Crippen molar-refractivity contribution in [1.82, 2.24) is 0 Å². The van der Waals surface area contributed by atoms with E-state index in [4.69, 9.17) is 9.47 Å². The summed E-state index contributed by atoms with van der Waals surface area (Å²) in [7, 11) is 0. The second kappa shape index (κ2) is 10.9. The van der Waals surface area contributed by atoms with Gasteiger partial charge in [0.25, 0.3) is 0 Å². The summed E-state index contributed by atoms with van der Waals surface area (Å²) in [5.41, 5.74) is -0.247. The van der Waals surface area contributed by atoms with E-state index in [-0.39, 0.29) is 45.5 Å². The molecule has 4 saturated carbocycles. The molecule has 6 aliphatic rings. The van der Waals surface area contributed by atoms with Gasteiger partial charge in [0.05, 0.1) is 24.9 Å². The first-order valence-electron chi connectivity index (χ1n) is 17.5. The molecule has 5 fully saturated rings. The molecule has 1 aliphatic heterocycles. The SMILES string of the molecule is CC1(C)C[C@H]2C3=CC[C@H]4C(C)(CC[C@@H]5[C@]4(C)CC[C@H](O[C@@H]4O[C@H](C(=O)O)[C@@H](O)[C@H](O)[C@H]4O)[C@]5(C)CO)[C@]3(C)CC[C@@]2(C)[C@H](O)[C@@H]1O. The molecule has 0 aromatic heterocycles. The third-order valence-electron chi connectivity index (χ3n) is 15.6. The van der Waals surface area contributed by atoms with Crippen LogP contribution in [0.2, 0.25) is 0 Å². The molecule has 10 heteroatoms. The number of aliphatic hydroxyl groups is 6. The summed E-state index contributed by atoms with van der Waals surface area (Å²) in [6.07, 6.45) is -1.24. The zero-order valence-electron chi connectivity index (χ0n) is 28.6. The van der Waals surface area contributed by atoms with E-state index >= 15 is 0 Å². The molecule has 0 bridgehead atoms. The molecule has 6 rings (SSSR count). The second-order valence-electron chi connectivity index (χ2n) is 18.0.